The van der Waals surface area contributed by atoms with E-state index < -0.39 is 18.3 Å². The summed E-state index contributed by atoms with van der Waals surface area (Å²) in [6.07, 6.45) is -0.443. The fraction of sp³-hybridized carbons (Fsp3) is 0.250. The van der Waals surface area contributed by atoms with Gasteiger partial charge in [0.15, 0.2) is 5.78 Å². The summed E-state index contributed by atoms with van der Waals surface area (Å²) in [6.45, 7) is 1.73. The summed E-state index contributed by atoms with van der Waals surface area (Å²) < 4.78 is 5.16. The third kappa shape index (κ3) is 2.96. The number of Topliss-reactive ketones (excluding diaryl/α,β-unsaturated/α-hetero) is 1. The summed E-state index contributed by atoms with van der Waals surface area (Å²) in [5, 5.41) is 10.7. The molecule has 4 nitrogen and oxygen atoms in total. The molecule has 0 heterocycles. The van der Waals surface area contributed by atoms with Crippen molar-refractivity contribution in [3.63, 3.8) is 0 Å². The van der Waals surface area contributed by atoms with E-state index in [1.165, 1.54) is 0 Å². The average Bonchev–Trinajstić information content (AvgIpc) is 2.44. The van der Waals surface area contributed by atoms with Crippen LogP contribution >= 0.6 is 0 Å². The Morgan fingerprint density at radius 2 is 1.80 bits per heavy atom. The first kappa shape index (κ1) is 14.1. The van der Waals surface area contributed by atoms with Gasteiger partial charge in [0.2, 0.25) is 0 Å². The van der Waals surface area contributed by atoms with Gasteiger partial charge in [-0.15, -0.1) is 0 Å². The molecule has 0 amide bonds. The summed E-state index contributed by atoms with van der Waals surface area (Å²) in [7, 11) is 1.61. The molecule has 0 spiro atoms. The zero-order valence-corrected chi connectivity index (χ0v) is 11.4. The lowest BCUT2D eigenvalue weighted by Gasteiger charge is -2.11. The van der Waals surface area contributed by atoms with Crippen LogP contribution in [0.25, 0.3) is 10.8 Å². The van der Waals surface area contributed by atoms with Crippen LogP contribution in [0.15, 0.2) is 36.4 Å². The monoisotopic (exact) mass is 272 g/mol. The van der Waals surface area contributed by atoms with E-state index in [2.05, 4.69) is 0 Å². The highest BCUT2D eigenvalue weighted by atomic mass is 16.5. The number of methoxy groups -OCH3 is 1. The fourth-order valence-electron chi connectivity index (χ4n) is 2.13. The fourth-order valence-corrected chi connectivity index (χ4v) is 2.13. The number of ether oxygens (including phenoxy) is 1. The number of hydrogen-bond donors (Lipinski definition) is 1. The summed E-state index contributed by atoms with van der Waals surface area (Å²) in [5.41, 5.74) is 0.828. The number of benzene rings is 2. The minimum atomic E-state index is -1.09. The zero-order chi connectivity index (χ0) is 14.7. The van der Waals surface area contributed by atoms with Crippen molar-refractivity contribution in [2.75, 3.05) is 7.11 Å². The van der Waals surface area contributed by atoms with Gasteiger partial charge in [-0.25, -0.2) is 0 Å². The molecule has 104 valence electrons. The molecule has 4 heteroatoms. The molecular formula is C16H16O4. The number of carbonyl (C=O) groups is 2. The van der Waals surface area contributed by atoms with Crippen molar-refractivity contribution in [3.8, 4) is 5.75 Å². The molecule has 0 aromatic heterocycles. The minimum absolute atomic E-state index is 0.287. The van der Waals surface area contributed by atoms with Crippen molar-refractivity contribution >= 4 is 22.5 Å². The highest BCUT2D eigenvalue weighted by Gasteiger charge is 2.18. The molecule has 1 unspecified atom stereocenters. The molecule has 0 saturated carbocycles. The molecule has 0 aliphatic rings. The van der Waals surface area contributed by atoms with Gasteiger partial charge in [-0.2, -0.15) is 0 Å². The van der Waals surface area contributed by atoms with Crippen molar-refractivity contribution in [2.24, 2.45) is 0 Å². The maximum absolute atomic E-state index is 11.8. The summed E-state index contributed by atoms with van der Waals surface area (Å²) in [4.78, 5) is 22.4. The average molecular weight is 272 g/mol. The van der Waals surface area contributed by atoms with E-state index in [0.717, 1.165) is 22.1 Å². The van der Waals surface area contributed by atoms with Gasteiger partial charge >= 0.3 is 5.97 Å². The molecule has 0 fully saturated rings. The van der Waals surface area contributed by atoms with E-state index in [4.69, 9.17) is 9.84 Å². The van der Waals surface area contributed by atoms with Crippen LogP contribution in [0.4, 0.5) is 0 Å². The predicted octanol–water partition coefficient (Wildman–Crippen LogP) is 3.00. The van der Waals surface area contributed by atoms with Crippen LogP contribution in [-0.4, -0.2) is 24.0 Å². The molecule has 0 aliphatic heterocycles. The molecule has 2 aromatic rings. The molecule has 1 N–H and O–H groups in total. The molecule has 0 saturated heterocycles. The second-order valence-electron chi connectivity index (χ2n) is 4.73. The molecule has 0 bridgehead atoms. The number of carboxylic acids is 1. The summed E-state index contributed by atoms with van der Waals surface area (Å²) in [6, 6.07) is 11.4. The lowest BCUT2D eigenvalue weighted by atomic mass is 9.93. The maximum atomic E-state index is 11.8. The number of aliphatic carboxylic acids is 1. The third-order valence-electron chi connectivity index (χ3n) is 3.38. The van der Waals surface area contributed by atoms with Gasteiger partial charge in [0.05, 0.1) is 7.11 Å². The van der Waals surface area contributed by atoms with Crippen molar-refractivity contribution in [2.45, 2.75) is 19.3 Å². The number of ketones is 1. The zero-order valence-electron chi connectivity index (χ0n) is 11.4. The quantitative estimate of drug-likeness (QED) is 0.850. The number of carbonyl (C=O) groups excluding carboxylic acids is 1. The maximum Gasteiger partial charge on any atom is 0.310 e. The van der Waals surface area contributed by atoms with Gasteiger partial charge in [-0.1, -0.05) is 31.2 Å². The standard InChI is InChI=1S/C16H16O4/c1-10(15(17)9-16(18)19)11-3-4-13-8-14(20-2)6-5-12(13)7-11/h3-8,10H,9H2,1-2H3,(H,18,19). The number of rotatable bonds is 5. The second-order valence-corrected chi connectivity index (χ2v) is 4.73. The second kappa shape index (κ2) is 5.74. The lowest BCUT2D eigenvalue weighted by molar-refractivity contribution is -0.140. The molecular weight excluding hydrogens is 256 g/mol. The Labute approximate surface area is 117 Å². The Hall–Kier alpha value is -2.36. The largest absolute Gasteiger partial charge is 0.497 e. The summed E-state index contributed by atoms with van der Waals surface area (Å²) >= 11 is 0. The van der Waals surface area contributed by atoms with Crippen molar-refractivity contribution < 1.29 is 19.4 Å². The van der Waals surface area contributed by atoms with Crippen molar-refractivity contribution in [3.05, 3.63) is 42.0 Å². The Morgan fingerprint density at radius 3 is 2.45 bits per heavy atom. The molecule has 1 atom stereocenters. The van der Waals surface area contributed by atoms with Gasteiger partial charge in [0.25, 0.3) is 0 Å². The van der Waals surface area contributed by atoms with Gasteiger partial charge in [-0.05, 0) is 28.5 Å². The smallest absolute Gasteiger partial charge is 0.310 e. The Kier molecular flexibility index (Phi) is 4.03. The highest BCUT2D eigenvalue weighted by Crippen LogP contribution is 2.26. The topological polar surface area (TPSA) is 63.6 Å². The first-order valence-electron chi connectivity index (χ1n) is 6.33. The van der Waals surface area contributed by atoms with Crippen LogP contribution in [0.5, 0.6) is 5.75 Å². The van der Waals surface area contributed by atoms with Crippen LogP contribution in [0.1, 0.15) is 24.8 Å². The minimum Gasteiger partial charge on any atom is -0.497 e. The van der Waals surface area contributed by atoms with Gasteiger partial charge in [-0.3, -0.25) is 9.59 Å². The summed E-state index contributed by atoms with van der Waals surface area (Å²) in [5.74, 6) is -1.02. The van der Waals surface area contributed by atoms with Crippen LogP contribution in [0, 0.1) is 0 Å². The molecule has 0 aliphatic carbocycles. The molecule has 2 aromatic carbocycles. The van der Waals surface area contributed by atoms with E-state index in [-0.39, 0.29) is 5.78 Å². The Balaban J connectivity index is 2.31. The lowest BCUT2D eigenvalue weighted by Crippen LogP contribution is -2.13. The van der Waals surface area contributed by atoms with E-state index in [0.29, 0.717) is 0 Å². The van der Waals surface area contributed by atoms with Crippen LogP contribution in [0.2, 0.25) is 0 Å². The van der Waals surface area contributed by atoms with E-state index >= 15 is 0 Å². The van der Waals surface area contributed by atoms with Gasteiger partial charge in [0, 0.05) is 5.92 Å². The number of fused-ring (bicyclic) bond motifs is 1. The predicted molar refractivity (Wildman–Crippen MR) is 76.2 cm³/mol. The third-order valence-corrected chi connectivity index (χ3v) is 3.38. The van der Waals surface area contributed by atoms with E-state index in [1.807, 2.05) is 36.4 Å². The Morgan fingerprint density at radius 1 is 1.15 bits per heavy atom. The highest BCUT2D eigenvalue weighted by molar-refractivity contribution is 5.98. The number of hydrogen-bond acceptors (Lipinski definition) is 3. The van der Waals surface area contributed by atoms with Crippen LogP contribution in [0.3, 0.4) is 0 Å². The van der Waals surface area contributed by atoms with E-state index in [1.54, 1.807) is 14.0 Å². The normalized spacial score (nSPS) is 12.1. The van der Waals surface area contributed by atoms with Crippen molar-refractivity contribution in [1.29, 1.82) is 0 Å². The Bertz CT molecular complexity index is 661. The molecule has 0 radical (unpaired) electrons. The van der Waals surface area contributed by atoms with Crippen LogP contribution < -0.4 is 4.74 Å². The van der Waals surface area contributed by atoms with Gasteiger partial charge < -0.3 is 9.84 Å². The molecule has 20 heavy (non-hydrogen) atoms. The van der Waals surface area contributed by atoms with Crippen LogP contribution in [-0.2, 0) is 9.59 Å². The number of carboxylic acid groups (broad SMARTS) is 1. The first-order valence-corrected chi connectivity index (χ1v) is 6.33. The van der Waals surface area contributed by atoms with E-state index in [9.17, 15) is 9.59 Å². The van der Waals surface area contributed by atoms with Gasteiger partial charge in [0.1, 0.15) is 12.2 Å². The first-order chi connectivity index (χ1) is 9.51. The van der Waals surface area contributed by atoms with Crippen molar-refractivity contribution in [1.82, 2.24) is 0 Å². The SMILES string of the molecule is COc1ccc2cc(C(C)C(=O)CC(=O)O)ccc2c1. The molecule has 2 rings (SSSR count).